The van der Waals surface area contributed by atoms with Crippen LogP contribution in [0.3, 0.4) is 0 Å². The van der Waals surface area contributed by atoms with Gasteiger partial charge in [-0.05, 0) is 44.4 Å². The number of rotatable bonds is 5. The van der Waals surface area contributed by atoms with Crippen LogP contribution in [0, 0.1) is 10.1 Å². The molecule has 1 N–H and O–H groups in total. The quantitative estimate of drug-likeness (QED) is 0.605. The molecule has 1 heterocycles. The van der Waals surface area contributed by atoms with Crippen molar-refractivity contribution in [1.29, 1.82) is 0 Å². The molecule has 0 spiro atoms. The average molecular weight is 383 g/mol. The number of amides is 1. The van der Waals surface area contributed by atoms with Gasteiger partial charge in [-0.15, -0.1) is 0 Å². The summed E-state index contributed by atoms with van der Waals surface area (Å²) < 4.78 is 30.0. The Balaban J connectivity index is 2.13. The Morgan fingerprint density at radius 3 is 2.63 bits per heavy atom. The molecule has 0 saturated carbocycles. The molecule has 1 amide bonds. The van der Waals surface area contributed by atoms with Crippen molar-refractivity contribution in [1.82, 2.24) is 4.90 Å². The second-order valence-electron chi connectivity index (χ2n) is 7.17. The lowest BCUT2D eigenvalue weighted by Gasteiger charge is -2.29. The molecule has 148 valence electrons. The number of benzene rings is 1. The van der Waals surface area contributed by atoms with Crippen molar-refractivity contribution >= 4 is 23.0 Å². The topological polar surface area (TPSA) is 84.7 Å². The van der Waals surface area contributed by atoms with E-state index in [4.69, 9.17) is 4.74 Å². The number of anilines is 1. The van der Waals surface area contributed by atoms with Crippen LogP contribution in [-0.4, -0.2) is 47.6 Å². The predicted octanol–water partition coefficient (Wildman–Crippen LogP) is 4.30. The van der Waals surface area contributed by atoms with Gasteiger partial charge in [-0.1, -0.05) is 12.1 Å². The van der Waals surface area contributed by atoms with Crippen molar-refractivity contribution in [2.75, 3.05) is 25.0 Å². The molecule has 2 rings (SSSR count). The molecule has 27 heavy (non-hydrogen) atoms. The van der Waals surface area contributed by atoms with E-state index in [2.05, 4.69) is 5.32 Å². The summed E-state index contributed by atoms with van der Waals surface area (Å²) in [6.45, 7) is 5.48. The summed E-state index contributed by atoms with van der Waals surface area (Å²) in [6.07, 6.45) is -0.682. The van der Waals surface area contributed by atoms with E-state index in [-0.39, 0.29) is 11.4 Å². The maximum absolute atomic E-state index is 12.3. The molecule has 1 aliphatic heterocycles. The molecule has 0 saturated heterocycles. The zero-order valence-corrected chi connectivity index (χ0v) is 15.5. The van der Waals surface area contributed by atoms with Crippen molar-refractivity contribution in [3.8, 4) is 0 Å². The highest BCUT2D eigenvalue weighted by Gasteiger charge is 2.24. The summed E-state index contributed by atoms with van der Waals surface area (Å²) in [7, 11) is 0. The standard InChI is InChI=1S/C18H23F2N3O4/c1-18(2,3)27-17(24)22-8-6-12(7-9-22)13-4-5-14(21-11-16(19)20)15(10-13)23(25)26/h4-6,10,16,21H,7-9,11H2,1-3H3. The summed E-state index contributed by atoms with van der Waals surface area (Å²) in [6, 6.07) is 4.44. The first kappa shape index (κ1) is 20.6. The molecule has 1 aromatic rings. The molecule has 0 atom stereocenters. The number of nitrogens with zero attached hydrogens (tertiary/aromatic N) is 2. The van der Waals surface area contributed by atoms with Crippen molar-refractivity contribution in [3.05, 3.63) is 40.0 Å². The number of carbonyl (C=O) groups excluding carboxylic acids is 1. The van der Waals surface area contributed by atoms with Crippen LogP contribution in [0.5, 0.6) is 0 Å². The van der Waals surface area contributed by atoms with Crippen molar-refractivity contribution in [2.45, 2.75) is 39.2 Å². The van der Waals surface area contributed by atoms with Crippen LogP contribution in [0.2, 0.25) is 0 Å². The zero-order valence-electron chi connectivity index (χ0n) is 15.5. The van der Waals surface area contributed by atoms with Gasteiger partial charge in [0.15, 0.2) is 0 Å². The minimum atomic E-state index is -2.61. The Morgan fingerprint density at radius 2 is 2.11 bits per heavy atom. The highest BCUT2D eigenvalue weighted by molar-refractivity contribution is 5.76. The highest BCUT2D eigenvalue weighted by atomic mass is 19.3. The Morgan fingerprint density at radius 1 is 1.41 bits per heavy atom. The second-order valence-corrected chi connectivity index (χ2v) is 7.17. The van der Waals surface area contributed by atoms with Gasteiger partial charge >= 0.3 is 6.09 Å². The number of carbonyl (C=O) groups is 1. The smallest absolute Gasteiger partial charge is 0.410 e. The van der Waals surface area contributed by atoms with Crippen LogP contribution in [-0.2, 0) is 4.74 Å². The molecule has 0 aliphatic carbocycles. The largest absolute Gasteiger partial charge is 0.444 e. The van der Waals surface area contributed by atoms with Crippen LogP contribution in [0.1, 0.15) is 32.8 Å². The Labute approximate surface area is 156 Å². The van der Waals surface area contributed by atoms with Crippen LogP contribution >= 0.6 is 0 Å². The van der Waals surface area contributed by atoms with Gasteiger partial charge in [-0.3, -0.25) is 10.1 Å². The molecule has 0 unspecified atom stereocenters. The van der Waals surface area contributed by atoms with Crippen molar-refractivity contribution < 1.29 is 23.2 Å². The number of nitro groups is 1. The van der Waals surface area contributed by atoms with Gasteiger partial charge in [0, 0.05) is 19.2 Å². The van der Waals surface area contributed by atoms with Crippen LogP contribution < -0.4 is 5.32 Å². The average Bonchev–Trinajstić information content (AvgIpc) is 2.58. The lowest BCUT2D eigenvalue weighted by molar-refractivity contribution is -0.384. The fraction of sp³-hybridized carbons (Fsp3) is 0.500. The number of alkyl halides is 2. The lowest BCUT2D eigenvalue weighted by Crippen LogP contribution is -2.39. The molecule has 7 nitrogen and oxygen atoms in total. The van der Waals surface area contributed by atoms with Gasteiger partial charge in [0.05, 0.1) is 11.5 Å². The molecule has 0 bridgehead atoms. The monoisotopic (exact) mass is 383 g/mol. The fourth-order valence-electron chi connectivity index (χ4n) is 2.64. The van der Waals surface area contributed by atoms with Crippen LogP contribution in [0.25, 0.3) is 5.57 Å². The van der Waals surface area contributed by atoms with E-state index in [0.717, 1.165) is 5.57 Å². The molecule has 9 heteroatoms. The number of halogens is 2. The van der Waals surface area contributed by atoms with E-state index in [0.29, 0.717) is 25.1 Å². The first-order chi connectivity index (χ1) is 12.6. The summed E-state index contributed by atoms with van der Waals surface area (Å²) in [5.41, 5.74) is 0.703. The molecular formula is C18H23F2N3O4. The van der Waals surface area contributed by atoms with Crippen LogP contribution in [0.4, 0.5) is 25.0 Å². The van der Waals surface area contributed by atoms with E-state index >= 15 is 0 Å². The van der Waals surface area contributed by atoms with E-state index in [9.17, 15) is 23.7 Å². The summed E-state index contributed by atoms with van der Waals surface area (Å²) in [5.74, 6) is 0. The molecule has 1 aliphatic rings. The predicted molar refractivity (Wildman–Crippen MR) is 98.0 cm³/mol. The molecule has 1 aromatic carbocycles. The van der Waals surface area contributed by atoms with E-state index in [1.807, 2.05) is 6.08 Å². The molecule has 0 fully saturated rings. The number of nitrogens with one attached hydrogen (secondary N) is 1. The van der Waals surface area contributed by atoms with Gasteiger partial charge in [-0.25, -0.2) is 13.6 Å². The van der Waals surface area contributed by atoms with Crippen molar-refractivity contribution in [3.63, 3.8) is 0 Å². The molecule has 0 aromatic heterocycles. The summed E-state index contributed by atoms with van der Waals surface area (Å²) in [4.78, 5) is 24.3. The van der Waals surface area contributed by atoms with Gasteiger partial charge in [0.1, 0.15) is 11.3 Å². The summed E-state index contributed by atoms with van der Waals surface area (Å²) in [5, 5.41) is 13.7. The SMILES string of the molecule is CC(C)(C)OC(=O)N1CC=C(c2ccc(NCC(F)F)c([N+](=O)[O-])c2)CC1. The normalized spacial score (nSPS) is 14.7. The first-order valence-electron chi connectivity index (χ1n) is 8.54. The van der Waals surface area contributed by atoms with E-state index in [1.54, 1.807) is 31.7 Å². The second kappa shape index (κ2) is 8.32. The van der Waals surface area contributed by atoms with Crippen LogP contribution in [0.15, 0.2) is 24.3 Å². The van der Waals surface area contributed by atoms with Crippen molar-refractivity contribution in [2.24, 2.45) is 0 Å². The fourth-order valence-corrected chi connectivity index (χ4v) is 2.64. The van der Waals surface area contributed by atoms with Gasteiger partial charge in [0.25, 0.3) is 12.1 Å². The van der Waals surface area contributed by atoms with Gasteiger partial charge < -0.3 is 15.0 Å². The molecular weight excluding hydrogens is 360 g/mol. The maximum Gasteiger partial charge on any atom is 0.410 e. The summed E-state index contributed by atoms with van der Waals surface area (Å²) >= 11 is 0. The number of ether oxygens (including phenoxy) is 1. The number of hydrogen-bond acceptors (Lipinski definition) is 5. The minimum Gasteiger partial charge on any atom is -0.444 e. The Kier molecular flexibility index (Phi) is 6.35. The third kappa shape index (κ3) is 5.90. The third-order valence-electron chi connectivity index (χ3n) is 3.87. The minimum absolute atomic E-state index is 0.0517. The van der Waals surface area contributed by atoms with Gasteiger partial charge in [0.2, 0.25) is 0 Å². The maximum atomic E-state index is 12.3. The number of nitro benzene ring substituents is 1. The third-order valence-corrected chi connectivity index (χ3v) is 3.87. The number of hydrogen-bond donors (Lipinski definition) is 1. The zero-order chi connectivity index (χ0) is 20.2. The van der Waals surface area contributed by atoms with E-state index < -0.39 is 29.6 Å². The lowest BCUT2D eigenvalue weighted by atomic mass is 9.98. The Hall–Kier alpha value is -2.71. The van der Waals surface area contributed by atoms with Gasteiger partial charge in [-0.2, -0.15) is 0 Å². The van der Waals surface area contributed by atoms with E-state index in [1.165, 1.54) is 12.1 Å². The Bertz CT molecular complexity index is 745. The highest BCUT2D eigenvalue weighted by Crippen LogP contribution is 2.31. The first-order valence-corrected chi connectivity index (χ1v) is 8.54. The molecule has 0 radical (unpaired) electrons.